The van der Waals surface area contributed by atoms with Crippen molar-refractivity contribution in [2.45, 2.75) is 25.2 Å². The Labute approximate surface area is 190 Å². The number of aliphatic hydroxyl groups is 1. The van der Waals surface area contributed by atoms with Gasteiger partial charge in [-0.2, -0.15) is 71.8 Å². The van der Waals surface area contributed by atoms with Gasteiger partial charge in [-0.25, -0.2) is 48.5 Å². The Morgan fingerprint density at radius 3 is 1.39 bits per heavy atom. The molecule has 4 rings (SSSR count). The van der Waals surface area contributed by atoms with Gasteiger partial charge in [0.25, 0.3) is 0 Å². The molecule has 1 N–H and O–H groups in total. The summed E-state index contributed by atoms with van der Waals surface area (Å²) in [5.41, 5.74) is 2.72. The van der Waals surface area contributed by atoms with Crippen LogP contribution in [0.5, 0.6) is 0 Å². The summed E-state index contributed by atoms with van der Waals surface area (Å²) in [5.74, 6) is 0. The van der Waals surface area contributed by atoms with Gasteiger partial charge in [-0.3, -0.25) is 0 Å². The summed E-state index contributed by atoms with van der Waals surface area (Å²) in [7, 11) is 0. The number of hydrogen-bond acceptors (Lipinski definition) is 1. The van der Waals surface area contributed by atoms with Crippen LogP contribution in [0.3, 0.4) is 0 Å². The molecule has 0 atom stereocenters. The molecule has 3 heteroatoms. The fraction of sp³-hybridized carbons (Fsp3) is 0.200. The van der Waals surface area contributed by atoms with Crippen molar-refractivity contribution in [2.24, 2.45) is 0 Å². The first-order chi connectivity index (χ1) is 12.8. The van der Waals surface area contributed by atoms with Gasteiger partial charge in [0.15, 0.2) is 0 Å². The van der Waals surface area contributed by atoms with Gasteiger partial charge in [-0.05, 0) is 18.3 Å². The summed E-state index contributed by atoms with van der Waals surface area (Å²) in [6.07, 6.45) is 1.82. The van der Waals surface area contributed by atoms with Crippen LogP contribution in [-0.4, -0.2) is 11.7 Å². The second kappa shape index (κ2) is 15.3. The van der Waals surface area contributed by atoms with E-state index in [0.717, 1.165) is 12.8 Å². The molecule has 0 spiro atoms. The maximum Gasteiger partial charge on any atom is 2.00 e. The van der Waals surface area contributed by atoms with Gasteiger partial charge >= 0.3 is 34.1 Å². The molecule has 0 saturated heterocycles. The fourth-order valence-electron chi connectivity index (χ4n) is 3.01. The van der Waals surface area contributed by atoms with Crippen LogP contribution in [0.25, 0.3) is 0 Å². The second-order valence-electron chi connectivity index (χ2n) is 6.43. The normalized spacial score (nSPS) is 9.64. The van der Waals surface area contributed by atoms with Gasteiger partial charge in [0, 0.05) is 6.61 Å². The molecule has 0 aliphatic heterocycles. The molecule has 4 aromatic carbocycles. The van der Waals surface area contributed by atoms with Crippen LogP contribution in [0.1, 0.15) is 30.9 Å². The summed E-state index contributed by atoms with van der Waals surface area (Å²) in [6, 6.07) is 37.0. The quantitative estimate of drug-likeness (QED) is 0.288. The van der Waals surface area contributed by atoms with Crippen molar-refractivity contribution < 1.29 is 39.2 Å². The molecule has 0 unspecified atom stereocenters. The van der Waals surface area contributed by atoms with Crippen LogP contribution >= 0.6 is 0 Å². The van der Waals surface area contributed by atoms with E-state index in [1.54, 1.807) is 0 Å². The topological polar surface area (TPSA) is 20.2 Å². The van der Waals surface area contributed by atoms with E-state index in [1.807, 2.05) is 60.7 Å². The SMILES string of the molecule is CC(CCCO)(c1ccc[cH-]1)c1ccc[cH-]1.[Fe+2].[Fe+2].c1cc[cH-]c1.c1cc[cH-]c1. The maximum absolute atomic E-state index is 9.02. The average Bonchev–Trinajstić information content (AvgIpc) is 3.51. The van der Waals surface area contributed by atoms with E-state index in [2.05, 4.69) is 55.5 Å². The van der Waals surface area contributed by atoms with E-state index in [1.165, 1.54) is 11.1 Å². The molecule has 0 heterocycles. The van der Waals surface area contributed by atoms with Crippen molar-refractivity contribution in [1.82, 2.24) is 0 Å². The second-order valence-corrected chi connectivity index (χ2v) is 6.43. The molecule has 150 valence electrons. The minimum Gasteiger partial charge on any atom is -0.396 e. The third-order valence-electron chi connectivity index (χ3n) is 4.55. The Bertz CT molecular complexity index is 641. The number of hydrogen-bond donors (Lipinski definition) is 1. The number of rotatable bonds is 5. The average molecular weight is 456 g/mol. The Morgan fingerprint density at radius 1 is 0.714 bits per heavy atom. The summed E-state index contributed by atoms with van der Waals surface area (Å²) in [5, 5.41) is 9.02. The van der Waals surface area contributed by atoms with Crippen molar-refractivity contribution in [3.05, 3.63) is 120 Å². The maximum atomic E-state index is 9.02. The molecule has 0 saturated carbocycles. The minimum absolute atomic E-state index is 0. The van der Waals surface area contributed by atoms with Crippen LogP contribution in [0.4, 0.5) is 0 Å². The summed E-state index contributed by atoms with van der Waals surface area (Å²) in [6.45, 7) is 2.52. The van der Waals surface area contributed by atoms with Gasteiger partial charge in [-0.15, -0.1) is 0 Å². The predicted octanol–water partition coefficient (Wildman–Crippen LogP) is 6.01. The van der Waals surface area contributed by atoms with Gasteiger partial charge in [0.2, 0.25) is 0 Å². The zero-order valence-corrected chi connectivity index (χ0v) is 18.4. The molecule has 0 aliphatic rings. The summed E-state index contributed by atoms with van der Waals surface area (Å²) in [4.78, 5) is 0. The number of aliphatic hydroxyl groups excluding tert-OH is 1. The third kappa shape index (κ3) is 8.61. The van der Waals surface area contributed by atoms with Crippen molar-refractivity contribution in [2.75, 3.05) is 6.61 Å². The summed E-state index contributed by atoms with van der Waals surface area (Å²) >= 11 is 0. The van der Waals surface area contributed by atoms with E-state index in [4.69, 9.17) is 5.11 Å². The van der Waals surface area contributed by atoms with Crippen LogP contribution in [0.2, 0.25) is 0 Å². The Balaban J connectivity index is 0.000000500. The molecular formula is C25H28Fe2O. The van der Waals surface area contributed by atoms with Crippen molar-refractivity contribution in [1.29, 1.82) is 0 Å². The van der Waals surface area contributed by atoms with E-state index < -0.39 is 0 Å². The van der Waals surface area contributed by atoms with Gasteiger partial charge in [-0.1, -0.05) is 6.92 Å². The molecule has 0 radical (unpaired) electrons. The molecule has 4 aromatic rings. The van der Waals surface area contributed by atoms with Crippen LogP contribution in [0, 0.1) is 0 Å². The van der Waals surface area contributed by atoms with E-state index in [-0.39, 0.29) is 46.2 Å². The van der Waals surface area contributed by atoms with E-state index in [9.17, 15) is 0 Å². The molecule has 0 aromatic heterocycles. The molecule has 1 nitrogen and oxygen atoms in total. The fourth-order valence-corrected chi connectivity index (χ4v) is 3.01. The first-order valence-corrected chi connectivity index (χ1v) is 9.16. The molecule has 0 amide bonds. The minimum atomic E-state index is 0. The molecule has 0 fully saturated rings. The van der Waals surface area contributed by atoms with Gasteiger partial charge in [0.1, 0.15) is 0 Å². The smallest absolute Gasteiger partial charge is 0.396 e. The largest absolute Gasteiger partial charge is 2.00 e. The zero-order chi connectivity index (χ0) is 18.5. The van der Waals surface area contributed by atoms with Crippen molar-refractivity contribution >= 4 is 0 Å². The Kier molecular flexibility index (Phi) is 14.5. The van der Waals surface area contributed by atoms with Crippen molar-refractivity contribution in [3.63, 3.8) is 0 Å². The van der Waals surface area contributed by atoms with Crippen LogP contribution in [-0.2, 0) is 39.6 Å². The predicted molar refractivity (Wildman–Crippen MR) is 111 cm³/mol. The van der Waals surface area contributed by atoms with Gasteiger partial charge in [0.05, 0.1) is 0 Å². The monoisotopic (exact) mass is 456 g/mol. The Hall–Kier alpha value is -1.60. The van der Waals surface area contributed by atoms with E-state index >= 15 is 0 Å². The molecule has 0 bridgehead atoms. The Morgan fingerprint density at radius 2 is 1.14 bits per heavy atom. The first kappa shape index (κ1) is 26.4. The molecular weight excluding hydrogens is 428 g/mol. The van der Waals surface area contributed by atoms with Gasteiger partial charge < -0.3 is 5.11 Å². The molecule has 28 heavy (non-hydrogen) atoms. The van der Waals surface area contributed by atoms with E-state index in [0.29, 0.717) is 0 Å². The summed E-state index contributed by atoms with van der Waals surface area (Å²) < 4.78 is 0. The van der Waals surface area contributed by atoms with Crippen molar-refractivity contribution in [3.8, 4) is 0 Å². The molecule has 0 aliphatic carbocycles. The third-order valence-corrected chi connectivity index (χ3v) is 4.55. The standard InChI is InChI=1S/C15H18O.2C5H5.2Fe/c1-15(11-6-12-16,13-7-2-3-8-13)14-9-4-5-10-14;2*1-2-4-5-3-1;;/h2-5,7-10,16H,6,11-12H2,1H3;2*1-5H;;/q-2;2*-1;2*+2. The zero-order valence-electron chi connectivity index (χ0n) is 16.2. The first-order valence-electron chi connectivity index (χ1n) is 9.16. The van der Waals surface area contributed by atoms with Crippen LogP contribution in [0.15, 0.2) is 109 Å². The van der Waals surface area contributed by atoms with Crippen LogP contribution < -0.4 is 0 Å².